The minimum absolute atomic E-state index is 0.298. The second-order valence-electron chi connectivity index (χ2n) is 7.57. The normalized spacial score (nSPS) is 28.2. The van der Waals surface area contributed by atoms with Crippen molar-refractivity contribution in [1.29, 1.82) is 0 Å². The summed E-state index contributed by atoms with van der Waals surface area (Å²) in [4.78, 5) is 10.5. The van der Waals surface area contributed by atoms with Crippen LogP contribution in [-0.2, 0) is 4.79 Å². The van der Waals surface area contributed by atoms with E-state index in [1.807, 2.05) is 0 Å². The third kappa shape index (κ3) is 7.58. The van der Waals surface area contributed by atoms with Crippen LogP contribution in [0.5, 0.6) is 0 Å². The first-order valence-corrected chi connectivity index (χ1v) is 12.4. The molecule has 2 aliphatic rings. The minimum Gasteiger partial charge on any atom is -0.481 e. The molecule has 25 heavy (non-hydrogen) atoms. The van der Waals surface area contributed by atoms with Crippen molar-refractivity contribution >= 4 is 29.5 Å². The topological polar surface area (TPSA) is 37.3 Å². The maximum Gasteiger partial charge on any atom is 0.303 e. The molecule has 2 fully saturated rings. The van der Waals surface area contributed by atoms with Gasteiger partial charge < -0.3 is 5.11 Å². The first-order chi connectivity index (χ1) is 12.2. The van der Waals surface area contributed by atoms with Crippen molar-refractivity contribution in [2.75, 3.05) is 11.5 Å². The third-order valence-corrected chi connectivity index (χ3v) is 8.64. The first-order valence-electron chi connectivity index (χ1n) is 10.3. The number of hydrogen-bond donors (Lipinski definition) is 1. The lowest BCUT2D eigenvalue weighted by atomic mass is 9.76. The largest absolute Gasteiger partial charge is 0.481 e. The predicted molar refractivity (Wildman–Crippen MR) is 113 cm³/mol. The molecular weight excluding hydrogens is 348 g/mol. The average Bonchev–Trinajstić information content (AvgIpc) is 3.19. The van der Waals surface area contributed by atoms with Crippen molar-refractivity contribution in [2.45, 2.75) is 88.1 Å². The van der Waals surface area contributed by atoms with E-state index in [0.29, 0.717) is 6.42 Å². The lowest BCUT2D eigenvalue weighted by molar-refractivity contribution is -0.137. The molecule has 1 N–H and O–H groups in total. The summed E-state index contributed by atoms with van der Waals surface area (Å²) in [5, 5.41) is 10.5. The second kappa shape index (κ2) is 12.3. The molecule has 2 rings (SSSR count). The van der Waals surface area contributed by atoms with E-state index in [1.165, 1.54) is 62.9 Å². The van der Waals surface area contributed by atoms with Crippen LogP contribution in [0.4, 0.5) is 0 Å². The number of aliphatic carboxylic acids is 1. The highest BCUT2D eigenvalue weighted by Crippen LogP contribution is 2.55. The summed E-state index contributed by atoms with van der Waals surface area (Å²) >= 11 is 4.45. The number of rotatable bonds is 14. The molecule has 0 aliphatic carbocycles. The molecule has 2 nitrogen and oxygen atoms in total. The fourth-order valence-corrected chi connectivity index (χ4v) is 7.39. The summed E-state index contributed by atoms with van der Waals surface area (Å²) in [6.07, 6.45) is 17.6. The summed E-state index contributed by atoms with van der Waals surface area (Å²) in [5.41, 5.74) is 0. The van der Waals surface area contributed by atoms with Crippen molar-refractivity contribution in [3.8, 4) is 0 Å². The SMILES string of the molecule is CCCCCCSCC[C@H]1[C@@H](C/C=C\CCCC(=O)O)[C@H]2CC[C@@H]1S2. The molecule has 144 valence electrons. The van der Waals surface area contributed by atoms with Crippen molar-refractivity contribution in [2.24, 2.45) is 11.8 Å². The number of carbonyl (C=O) groups is 1. The molecule has 4 atom stereocenters. The van der Waals surface area contributed by atoms with Gasteiger partial charge in [-0.25, -0.2) is 0 Å². The smallest absolute Gasteiger partial charge is 0.303 e. The van der Waals surface area contributed by atoms with Crippen LogP contribution in [-0.4, -0.2) is 33.1 Å². The predicted octanol–water partition coefficient (Wildman–Crippen LogP) is 6.40. The highest BCUT2D eigenvalue weighted by Gasteiger charge is 2.46. The van der Waals surface area contributed by atoms with E-state index in [9.17, 15) is 4.79 Å². The summed E-state index contributed by atoms with van der Waals surface area (Å²) in [6, 6.07) is 0. The van der Waals surface area contributed by atoms with Gasteiger partial charge in [0.1, 0.15) is 0 Å². The number of allylic oxidation sites excluding steroid dienone is 2. The Morgan fingerprint density at radius 3 is 2.64 bits per heavy atom. The van der Waals surface area contributed by atoms with Gasteiger partial charge in [0.15, 0.2) is 0 Å². The van der Waals surface area contributed by atoms with E-state index in [-0.39, 0.29) is 0 Å². The fourth-order valence-electron chi connectivity index (χ4n) is 4.29. The molecule has 0 spiro atoms. The zero-order valence-electron chi connectivity index (χ0n) is 15.8. The highest BCUT2D eigenvalue weighted by molar-refractivity contribution is 8.01. The Labute approximate surface area is 163 Å². The number of thioether (sulfide) groups is 2. The lowest BCUT2D eigenvalue weighted by Crippen LogP contribution is -2.27. The quantitative estimate of drug-likeness (QED) is 0.278. The molecule has 0 aromatic heterocycles. The number of unbranched alkanes of at least 4 members (excludes halogenated alkanes) is 4. The highest BCUT2D eigenvalue weighted by atomic mass is 32.2. The molecular formula is C21H36O2S2. The van der Waals surface area contributed by atoms with Crippen molar-refractivity contribution < 1.29 is 9.90 Å². The fraction of sp³-hybridized carbons (Fsp3) is 0.857. The monoisotopic (exact) mass is 384 g/mol. The van der Waals surface area contributed by atoms with Gasteiger partial charge in [-0.05, 0) is 68.3 Å². The van der Waals surface area contributed by atoms with Crippen LogP contribution in [0.2, 0.25) is 0 Å². The van der Waals surface area contributed by atoms with Crippen LogP contribution >= 0.6 is 23.5 Å². The van der Waals surface area contributed by atoms with E-state index in [1.54, 1.807) is 0 Å². The van der Waals surface area contributed by atoms with Crippen molar-refractivity contribution in [3.05, 3.63) is 12.2 Å². The second-order valence-corrected chi connectivity index (χ2v) is 10.3. The average molecular weight is 385 g/mol. The third-order valence-electron chi connectivity index (χ3n) is 5.66. The molecule has 4 heteroatoms. The van der Waals surface area contributed by atoms with Gasteiger partial charge >= 0.3 is 5.97 Å². The number of carboxylic acids is 1. The van der Waals surface area contributed by atoms with Crippen LogP contribution in [0.1, 0.15) is 77.6 Å². The lowest BCUT2D eigenvalue weighted by Gasteiger charge is -2.29. The standard InChI is InChI=1S/C21H36O2S2/c1-2-3-4-9-15-24-16-14-18-17(19-12-13-20(18)25-19)10-7-5-6-8-11-21(22)23/h5,7,17-20H,2-4,6,8-16H2,1H3,(H,22,23)/b7-5-/t17-,18+,19-,20+/m1/s1. The number of hydrogen-bond acceptors (Lipinski definition) is 3. The van der Waals surface area contributed by atoms with Gasteiger partial charge in [0.2, 0.25) is 0 Å². The van der Waals surface area contributed by atoms with Crippen molar-refractivity contribution in [3.63, 3.8) is 0 Å². The minimum atomic E-state index is -0.676. The van der Waals surface area contributed by atoms with E-state index < -0.39 is 5.97 Å². The molecule has 2 saturated heterocycles. The molecule has 0 unspecified atom stereocenters. The maximum absolute atomic E-state index is 10.5. The Kier molecular flexibility index (Phi) is 10.5. The van der Waals surface area contributed by atoms with Crippen LogP contribution in [0.3, 0.4) is 0 Å². The molecule has 0 saturated carbocycles. The molecule has 0 aromatic carbocycles. The first kappa shape index (κ1) is 21.2. The van der Waals surface area contributed by atoms with Gasteiger partial charge in [-0.2, -0.15) is 23.5 Å². The van der Waals surface area contributed by atoms with Crippen molar-refractivity contribution in [1.82, 2.24) is 0 Å². The summed E-state index contributed by atoms with van der Waals surface area (Å²) in [5.74, 6) is 3.82. The zero-order chi connectivity index (χ0) is 17.9. The zero-order valence-corrected chi connectivity index (χ0v) is 17.5. The van der Waals surface area contributed by atoms with Crippen LogP contribution in [0, 0.1) is 11.8 Å². The molecule has 2 heterocycles. The van der Waals surface area contributed by atoms with Crippen LogP contribution in [0.25, 0.3) is 0 Å². The van der Waals surface area contributed by atoms with E-state index in [0.717, 1.165) is 35.2 Å². The van der Waals surface area contributed by atoms with Gasteiger partial charge in [0.05, 0.1) is 0 Å². The summed E-state index contributed by atoms with van der Waals surface area (Å²) in [7, 11) is 0. The Bertz CT molecular complexity index is 411. The maximum atomic E-state index is 10.5. The summed E-state index contributed by atoms with van der Waals surface area (Å²) in [6.45, 7) is 2.28. The van der Waals surface area contributed by atoms with Gasteiger partial charge in [0, 0.05) is 16.9 Å². The van der Waals surface area contributed by atoms with E-state index in [4.69, 9.17) is 5.11 Å². The Morgan fingerprint density at radius 1 is 1.08 bits per heavy atom. The molecule has 0 aromatic rings. The molecule has 0 amide bonds. The van der Waals surface area contributed by atoms with Crippen LogP contribution < -0.4 is 0 Å². The summed E-state index contributed by atoms with van der Waals surface area (Å²) < 4.78 is 0. The molecule has 0 radical (unpaired) electrons. The van der Waals surface area contributed by atoms with Gasteiger partial charge in [0.25, 0.3) is 0 Å². The van der Waals surface area contributed by atoms with E-state index in [2.05, 4.69) is 42.6 Å². The van der Waals surface area contributed by atoms with Gasteiger partial charge in [-0.1, -0.05) is 38.3 Å². The number of fused-ring (bicyclic) bond motifs is 2. The van der Waals surface area contributed by atoms with Gasteiger partial charge in [-0.15, -0.1) is 0 Å². The molecule has 2 bridgehead atoms. The Balaban J connectivity index is 1.63. The molecule has 2 aliphatic heterocycles. The van der Waals surface area contributed by atoms with Crippen LogP contribution in [0.15, 0.2) is 12.2 Å². The van der Waals surface area contributed by atoms with Gasteiger partial charge in [-0.3, -0.25) is 4.79 Å². The van der Waals surface area contributed by atoms with E-state index >= 15 is 0 Å². The Morgan fingerprint density at radius 2 is 1.88 bits per heavy atom. The Hall–Kier alpha value is -0.0900. The number of carboxylic acid groups (broad SMARTS) is 1.